The first-order valence-corrected chi connectivity index (χ1v) is 3.44. The molecule has 0 aliphatic carbocycles. The summed E-state index contributed by atoms with van der Waals surface area (Å²) in [4.78, 5) is 10.7. The number of hydrogen-bond donors (Lipinski definition) is 0. The van der Waals surface area contributed by atoms with Gasteiger partial charge in [0.25, 0.3) is 0 Å². The molecule has 54 valence electrons. The maximum absolute atomic E-state index is 10.7. The summed E-state index contributed by atoms with van der Waals surface area (Å²) < 4.78 is 5.21. The highest BCUT2D eigenvalue weighted by molar-refractivity contribution is 5.95. The third kappa shape index (κ3) is 1.85. The van der Waals surface area contributed by atoms with Crippen molar-refractivity contribution in [1.82, 2.24) is 0 Å². The maximum atomic E-state index is 10.7. The fourth-order valence-electron chi connectivity index (χ4n) is 1.07. The zero-order chi connectivity index (χ0) is 7.40. The van der Waals surface area contributed by atoms with Crippen LogP contribution < -0.4 is 0 Å². The molecule has 0 aromatic heterocycles. The van der Waals surface area contributed by atoms with Gasteiger partial charge in [-0.1, -0.05) is 0 Å². The Morgan fingerprint density at radius 1 is 1.80 bits per heavy atom. The Morgan fingerprint density at radius 3 is 3.10 bits per heavy atom. The molecule has 1 rings (SSSR count). The van der Waals surface area contributed by atoms with Gasteiger partial charge in [0.05, 0.1) is 6.10 Å². The summed E-state index contributed by atoms with van der Waals surface area (Å²) in [6, 6.07) is 0. The lowest BCUT2D eigenvalue weighted by Crippen LogP contribution is -2.10. The molecule has 0 amide bonds. The van der Waals surface area contributed by atoms with E-state index in [2.05, 4.69) is 5.92 Å². The standard InChI is InChI=1S/C8H10O2/c1-2-7(9)6-8-4-3-5-10-8/h1,8H,3-6H2. The number of hydrogen-bond acceptors (Lipinski definition) is 2. The van der Waals surface area contributed by atoms with Crippen molar-refractivity contribution < 1.29 is 9.53 Å². The molecule has 1 atom stereocenters. The van der Waals surface area contributed by atoms with E-state index < -0.39 is 0 Å². The van der Waals surface area contributed by atoms with Gasteiger partial charge >= 0.3 is 0 Å². The second kappa shape index (κ2) is 3.38. The highest BCUT2D eigenvalue weighted by atomic mass is 16.5. The number of ketones is 1. The second-order valence-corrected chi connectivity index (χ2v) is 2.41. The van der Waals surface area contributed by atoms with Crippen LogP contribution in [0.3, 0.4) is 0 Å². The van der Waals surface area contributed by atoms with Gasteiger partial charge < -0.3 is 4.74 Å². The minimum absolute atomic E-state index is 0.101. The van der Waals surface area contributed by atoms with E-state index in [1.165, 1.54) is 0 Å². The van der Waals surface area contributed by atoms with E-state index >= 15 is 0 Å². The minimum Gasteiger partial charge on any atom is -0.378 e. The molecule has 0 bridgehead atoms. The Labute approximate surface area is 60.6 Å². The van der Waals surface area contributed by atoms with Crippen LogP contribution >= 0.6 is 0 Å². The Balaban J connectivity index is 2.25. The average molecular weight is 138 g/mol. The summed E-state index contributed by atoms with van der Waals surface area (Å²) >= 11 is 0. The third-order valence-corrected chi connectivity index (χ3v) is 1.60. The summed E-state index contributed by atoms with van der Waals surface area (Å²) in [6.45, 7) is 0.780. The Morgan fingerprint density at radius 2 is 2.60 bits per heavy atom. The number of ether oxygens (including phenoxy) is 1. The molecule has 0 spiro atoms. The average Bonchev–Trinajstić information content (AvgIpc) is 2.40. The van der Waals surface area contributed by atoms with Crippen molar-refractivity contribution in [1.29, 1.82) is 0 Å². The molecule has 1 heterocycles. The van der Waals surface area contributed by atoms with Crippen molar-refractivity contribution >= 4 is 5.78 Å². The van der Waals surface area contributed by atoms with Crippen molar-refractivity contribution in [3.63, 3.8) is 0 Å². The molecule has 1 saturated heterocycles. The zero-order valence-electron chi connectivity index (χ0n) is 5.80. The van der Waals surface area contributed by atoms with Gasteiger partial charge in [-0.05, 0) is 18.8 Å². The van der Waals surface area contributed by atoms with Crippen LogP contribution in [0.1, 0.15) is 19.3 Å². The monoisotopic (exact) mass is 138 g/mol. The molecule has 0 aromatic carbocycles. The smallest absolute Gasteiger partial charge is 0.207 e. The van der Waals surface area contributed by atoms with Gasteiger partial charge in [0.1, 0.15) is 0 Å². The van der Waals surface area contributed by atoms with E-state index in [4.69, 9.17) is 11.2 Å². The zero-order valence-corrected chi connectivity index (χ0v) is 5.80. The maximum Gasteiger partial charge on any atom is 0.207 e. The van der Waals surface area contributed by atoms with Crippen molar-refractivity contribution in [3.05, 3.63) is 0 Å². The molecule has 0 N–H and O–H groups in total. The van der Waals surface area contributed by atoms with E-state index in [0.717, 1.165) is 19.4 Å². The molecule has 2 heteroatoms. The van der Waals surface area contributed by atoms with Crippen LogP contribution in [0.5, 0.6) is 0 Å². The van der Waals surface area contributed by atoms with Crippen molar-refractivity contribution in [3.8, 4) is 12.3 Å². The number of terminal acetylenes is 1. The minimum atomic E-state index is -0.146. The predicted octanol–water partition coefficient (Wildman–Crippen LogP) is 0.758. The first-order valence-electron chi connectivity index (χ1n) is 3.44. The lowest BCUT2D eigenvalue weighted by molar-refractivity contribution is -0.115. The van der Waals surface area contributed by atoms with E-state index in [1.54, 1.807) is 0 Å². The Bertz CT molecular complexity index is 161. The van der Waals surface area contributed by atoms with Crippen molar-refractivity contribution in [2.24, 2.45) is 0 Å². The van der Waals surface area contributed by atoms with Crippen LogP contribution in [-0.4, -0.2) is 18.5 Å². The van der Waals surface area contributed by atoms with Crippen molar-refractivity contribution in [2.45, 2.75) is 25.4 Å². The lowest BCUT2D eigenvalue weighted by Gasteiger charge is -2.03. The summed E-state index contributed by atoms with van der Waals surface area (Å²) in [5.74, 6) is 1.93. The molecule has 10 heavy (non-hydrogen) atoms. The van der Waals surface area contributed by atoms with Crippen LogP contribution in [0.15, 0.2) is 0 Å². The lowest BCUT2D eigenvalue weighted by atomic mass is 10.1. The normalized spacial score (nSPS) is 24.1. The fraction of sp³-hybridized carbons (Fsp3) is 0.625. The highest BCUT2D eigenvalue weighted by Crippen LogP contribution is 2.14. The Kier molecular flexibility index (Phi) is 2.47. The van der Waals surface area contributed by atoms with Gasteiger partial charge in [0, 0.05) is 13.0 Å². The molecule has 1 fully saturated rings. The molecule has 1 aliphatic rings. The summed E-state index contributed by atoms with van der Waals surface area (Å²) in [7, 11) is 0. The van der Waals surface area contributed by atoms with E-state index in [1.807, 2.05) is 0 Å². The topological polar surface area (TPSA) is 26.3 Å². The predicted molar refractivity (Wildman–Crippen MR) is 37.4 cm³/mol. The number of carbonyl (C=O) groups is 1. The van der Waals surface area contributed by atoms with Crippen LogP contribution in [0, 0.1) is 12.3 Å². The molecule has 0 aromatic rings. The summed E-state index contributed by atoms with van der Waals surface area (Å²) in [5.41, 5.74) is 0. The Hall–Kier alpha value is -0.810. The first-order chi connectivity index (χ1) is 4.83. The van der Waals surface area contributed by atoms with Gasteiger partial charge in [0.2, 0.25) is 5.78 Å². The first kappa shape index (κ1) is 7.30. The van der Waals surface area contributed by atoms with E-state index in [9.17, 15) is 4.79 Å². The van der Waals surface area contributed by atoms with Gasteiger partial charge in [-0.25, -0.2) is 0 Å². The van der Waals surface area contributed by atoms with Crippen LogP contribution in [0.2, 0.25) is 0 Å². The van der Waals surface area contributed by atoms with Gasteiger partial charge in [0.15, 0.2) is 0 Å². The van der Waals surface area contributed by atoms with Gasteiger partial charge in [-0.15, -0.1) is 6.42 Å². The van der Waals surface area contributed by atoms with E-state index in [0.29, 0.717) is 6.42 Å². The van der Waals surface area contributed by atoms with E-state index in [-0.39, 0.29) is 11.9 Å². The van der Waals surface area contributed by atoms with Crippen molar-refractivity contribution in [2.75, 3.05) is 6.61 Å². The molecular weight excluding hydrogens is 128 g/mol. The number of Topliss-reactive ketones (excluding diaryl/α,β-unsaturated/α-hetero) is 1. The summed E-state index contributed by atoms with van der Waals surface area (Å²) in [6.07, 6.45) is 7.43. The van der Waals surface area contributed by atoms with Crippen LogP contribution in [-0.2, 0) is 9.53 Å². The van der Waals surface area contributed by atoms with Gasteiger partial charge in [-0.2, -0.15) is 0 Å². The second-order valence-electron chi connectivity index (χ2n) is 2.41. The fourth-order valence-corrected chi connectivity index (χ4v) is 1.07. The quantitative estimate of drug-likeness (QED) is 0.416. The molecule has 1 unspecified atom stereocenters. The highest BCUT2D eigenvalue weighted by Gasteiger charge is 2.17. The molecule has 0 saturated carbocycles. The molecule has 0 radical (unpaired) electrons. The summed E-state index contributed by atoms with van der Waals surface area (Å²) in [5, 5.41) is 0. The van der Waals surface area contributed by atoms with Crippen LogP contribution in [0.25, 0.3) is 0 Å². The largest absolute Gasteiger partial charge is 0.378 e. The number of carbonyl (C=O) groups excluding carboxylic acids is 1. The van der Waals surface area contributed by atoms with Crippen LogP contribution in [0.4, 0.5) is 0 Å². The molecule has 1 aliphatic heterocycles. The molecular formula is C8H10O2. The molecule has 2 nitrogen and oxygen atoms in total. The SMILES string of the molecule is C#CC(=O)CC1CCCO1. The number of rotatable bonds is 2. The third-order valence-electron chi connectivity index (χ3n) is 1.60. The van der Waals surface area contributed by atoms with Gasteiger partial charge in [-0.3, -0.25) is 4.79 Å².